The zero-order valence-corrected chi connectivity index (χ0v) is 7.63. The van der Waals surface area contributed by atoms with Crippen LogP contribution in [0, 0.1) is 5.41 Å². The van der Waals surface area contributed by atoms with E-state index in [1.165, 1.54) is 0 Å². The molecular weight excluding hydrogens is 140 g/mol. The average molecular weight is 158 g/mol. The van der Waals surface area contributed by atoms with Gasteiger partial charge in [-0.1, -0.05) is 20.8 Å². The Morgan fingerprint density at radius 1 is 1.36 bits per heavy atom. The van der Waals surface area contributed by atoms with Crippen molar-refractivity contribution in [3.05, 3.63) is 0 Å². The summed E-state index contributed by atoms with van der Waals surface area (Å²) in [5.41, 5.74) is 0.168. The number of rotatable bonds is 0. The molecule has 1 aliphatic heterocycles. The molecule has 0 unspecified atom stereocenters. The lowest BCUT2D eigenvalue weighted by molar-refractivity contribution is -0.0892. The van der Waals surface area contributed by atoms with Gasteiger partial charge in [0.2, 0.25) is 0 Å². The molecule has 2 nitrogen and oxygen atoms in total. The molecule has 0 aromatic rings. The first-order chi connectivity index (χ1) is 5.00. The first-order valence-electron chi connectivity index (χ1n) is 4.30. The van der Waals surface area contributed by atoms with Gasteiger partial charge in [0.1, 0.15) is 0 Å². The maximum atomic E-state index is 9.36. The minimum Gasteiger partial charge on any atom is -0.393 e. The van der Waals surface area contributed by atoms with Crippen molar-refractivity contribution in [3.63, 3.8) is 0 Å². The van der Waals surface area contributed by atoms with E-state index in [9.17, 15) is 5.11 Å². The summed E-state index contributed by atoms with van der Waals surface area (Å²) < 4.78 is 5.55. The van der Waals surface area contributed by atoms with Crippen LogP contribution in [-0.4, -0.2) is 23.9 Å². The quantitative estimate of drug-likeness (QED) is 0.580. The predicted octanol–water partition coefficient (Wildman–Crippen LogP) is 1.57. The maximum Gasteiger partial charge on any atom is 0.0648 e. The third kappa shape index (κ3) is 2.46. The van der Waals surface area contributed by atoms with Gasteiger partial charge in [-0.3, -0.25) is 0 Å². The van der Waals surface area contributed by atoms with E-state index in [1.807, 2.05) is 0 Å². The zero-order chi connectivity index (χ0) is 8.48. The van der Waals surface area contributed by atoms with Gasteiger partial charge in [0.15, 0.2) is 0 Å². The molecule has 0 bridgehead atoms. The van der Waals surface area contributed by atoms with Crippen LogP contribution in [0.1, 0.15) is 33.6 Å². The number of hydrogen-bond donors (Lipinski definition) is 1. The van der Waals surface area contributed by atoms with Crippen LogP contribution in [0.4, 0.5) is 0 Å². The lowest BCUT2D eigenvalue weighted by Gasteiger charge is -2.35. The molecule has 1 aliphatic rings. The molecule has 0 spiro atoms. The van der Waals surface area contributed by atoms with E-state index >= 15 is 0 Å². The van der Waals surface area contributed by atoms with Gasteiger partial charge in [-0.2, -0.15) is 0 Å². The predicted molar refractivity (Wildman–Crippen MR) is 44.4 cm³/mol. The summed E-state index contributed by atoms with van der Waals surface area (Å²) in [6.07, 6.45) is 1.68. The van der Waals surface area contributed by atoms with Crippen LogP contribution < -0.4 is 0 Å². The summed E-state index contributed by atoms with van der Waals surface area (Å²) >= 11 is 0. The van der Waals surface area contributed by atoms with Gasteiger partial charge in [-0.05, 0) is 11.8 Å². The second-order valence-corrected chi connectivity index (χ2v) is 4.40. The monoisotopic (exact) mass is 158 g/mol. The Morgan fingerprint density at radius 3 is 2.36 bits per heavy atom. The van der Waals surface area contributed by atoms with Gasteiger partial charge in [0.25, 0.3) is 0 Å². The summed E-state index contributed by atoms with van der Waals surface area (Å²) in [6, 6.07) is 0. The van der Waals surface area contributed by atoms with Crippen molar-refractivity contribution in [3.8, 4) is 0 Å². The summed E-state index contributed by atoms with van der Waals surface area (Å²) in [6.45, 7) is 7.16. The molecule has 0 aromatic carbocycles. The Kier molecular flexibility index (Phi) is 2.55. The number of aliphatic hydroxyl groups is 1. The molecule has 1 fully saturated rings. The Balaban J connectivity index is 2.46. The molecule has 1 saturated heterocycles. The molecule has 66 valence electrons. The van der Waals surface area contributed by atoms with Gasteiger partial charge in [0, 0.05) is 13.0 Å². The molecule has 0 aromatic heterocycles. The summed E-state index contributed by atoms with van der Waals surface area (Å²) in [5.74, 6) is 0. The fraction of sp³-hybridized carbons (Fsp3) is 1.00. The number of hydrogen-bond acceptors (Lipinski definition) is 2. The fourth-order valence-electron chi connectivity index (χ4n) is 1.38. The van der Waals surface area contributed by atoms with E-state index in [0.717, 1.165) is 12.8 Å². The van der Waals surface area contributed by atoms with E-state index in [-0.39, 0.29) is 17.6 Å². The van der Waals surface area contributed by atoms with E-state index in [0.29, 0.717) is 6.61 Å². The Hall–Kier alpha value is -0.0800. The van der Waals surface area contributed by atoms with Gasteiger partial charge in [-0.15, -0.1) is 0 Å². The zero-order valence-electron chi connectivity index (χ0n) is 7.63. The van der Waals surface area contributed by atoms with Gasteiger partial charge in [0.05, 0.1) is 12.2 Å². The standard InChI is InChI=1S/C9H18O2/c1-9(2,3)8-6-7(10)4-5-11-8/h7-8,10H,4-6H2,1-3H3/t7-,8-/m1/s1. The Bertz CT molecular complexity index is 126. The van der Waals surface area contributed by atoms with Crippen LogP contribution in [0.15, 0.2) is 0 Å². The molecular formula is C9H18O2. The lowest BCUT2D eigenvalue weighted by atomic mass is 9.84. The van der Waals surface area contributed by atoms with Crippen LogP contribution in [0.25, 0.3) is 0 Å². The Labute approximate surface area is 68.6 Å². The molecule has 2 heteroatoms. The Morgan fingerprint density at radius 2 is 2.00 bits per heavy atom. The smallest absolute Gasteiger partial charge is 0.0648 e. The molecule has 1 heterocycles. The SMILES string of the molecule is CC(C)(C)[C@H]1C[C@H](O)CCO1. The summed E-state index contributed by atoms with van der Waals surface area (Å²) in [7, 11) is 0. The highest BCUT2D eigenvalue weighted by molar-refractivity contribution is 4.80. The normalized spacial score (nSPS) is 33.8. The highest BCUT2D eigenvalue weighted by Crippen LogP contribution is 2.29. The highest BCUT2D eigenvalue weighted by atomic mass is 16.5. The van der Waals surface area contributed by atoms with Crippen LogP contribution >= 0.6 is 0 Å². The first-order valence-corrected chi connectivity index (χ1v) is 4.30. The minimum atomic E-state index is -0.145. The largest absolute Gasteiger partial charge is 0.393 e. The number of ether oxygens (including phenoxy) is 1. The average Bonchev–Trinajstić information content (AvgIpc) is 1.86. The van der Waals surface area contributed by atoms with Crippen molar-refractivity contribution in [1.29, 1.82) is 0 Å². The van der Waals surface area contributed by atoms with Crippen molar-refractivity contribution in [2.24, 2.45) is 5.41 Å². The molecule has 0 radical (unpaired) electrons. The van der Waals surface area contributed by atoms with Crippen molar-refractivity contribution in [2.45, 2.75) is 45.8 Å². The molecule has 0 aliphatic carbocycles. The van der Waals surface area contributed by atoms with E-state index < -0.39 is 0 Å². The summed E-state index contributed by atoms with van der Waals surface area (Å²) in [5, 5.41) is 9.36. The van der Waals surface area contributed by atoms with Crippen LogP contribution in [0.3, 0.4) is 0 Å². The van der Waals surface area contributed by atoms with Crippen LogP contribution in [0.5, 0.6) is 0 Å². The van der Waals surface area contributed by atoms with E-state index in [2.05, 4.69) is 20.8 Å². The maximum absolute atomic E-state index is 9.36. The lowest BCUT2D eigenvalue weighted by Crippen LogP contribution is -2.37. The third-order valence-electron chi connectivity index (χ3n) is 2.22. The molecule has 0 saturated carbocycles. The second kappa shape index (κ2) is 3.11. The van der Waals surface area contributed by atoms with Crippen molar-refractivity contribution < 1.29 is 9.84 Å². The number of aliphatic hydroxyl groups excluding tert-OH is 1. The van der Waals surface area contributed by atoms with Crippen molar-refractivity contribution in [1.82, 2.24) is 0 Å². The van der Waals surface area contributed by atoms with Gasteiger partial charge >= 0.3 is 0 Å². The topological polar surface area (TPSA) is 29.5 Å². The molecule has 2 atom stereocenters. The van der Waals surface area contributed by atoms with Gasteiger partial charge < -0.3 is 9.84 Å². The highest BCUT2D eigenvalue weighted by Gasteiger charge is 2.30. The summed E-state index contributed by atoms with van der Waals surface area (Å²) in [4.78, 5) is 0. The molecule has 1 rings (SSSR count). The molecule has 1 N–H and O–H groups in total. The van der Waals surface area contributed by atoms with Crippen molar-refractivity contribution >= 4 is 0 Å². The van der Waals surface area contributed by atoms with E-state index in [1.54, 1.807) is 0 Å². The first kappa shape index (κ1) is 9.01. The van der Waals surface area contributed by atoms with E-state index in [4.69, 9.17) is 4.74 Å². The second-order valence-electron chi connectivity index (χ2n) is 4.40. The molecule has 11 heavy (non-hydrogen) atoms. The fourth-order valence-corrected chi connectivity index (χ4v) is 1.38. The van der Waals surface area contributed by atoms with Crippen molar-refractivity contribution in [2.75, 3.05) is 6.61 Å². The molecule has 0 amide bonds. The minimum absolute atomic E-state index is 0.145. The van der Waals surface area contributed by atoms with Crippen LogP contribution in [-0.2, 0) is 4.74 Å². The van der Waals surface area contributed by atoms with Gasteiger partial charge in [-0.25, -0.2) is 0 Å². The third-order valence-corrected chi connectivity index (χ3v) is 2.22. The van der Waals surface area contributed by atoms with Crippen LogP contribution in [0.2, 0.25) is 0 Å².